The highest BCUT2D eigenvalue weighted by atomic mass is 32.2. The van der Waals surface area contributed by atoms with Crippen LogP contribution in [-0.4, -0.2) is 40.4 Å². The molecule has 0 aromatic rings. The first-order valence-electron chi connectivity index (χ1n) is 6.84. The van der Waals surface area contributed by atoms with Crippen molar-refractivity contribution >= 4 is 34.9 Å². The van der Waals surface area contributed by atoms with Gasteiger partial charge in [0.2, 0.25) is 5.91 Å². The van der Waals surface area contributed by atoms with E-state index in [0.717, 1.165) is 56.7 Å². The first-order chi connectivity index (χ1) is 8.67. The second kappa shape index (κ2) is 6.24. The monoisotopic (exact) mass is 286 g/mol. The number of hydrogen-bond donors (Lipinski definition) is 1. The van der Waals surface area contributed by atoms with Gasteiger partial charge in [-0.1, -0.05) is 31.5 Å². The number of nitrogens with two attached hydrogens (primary N) is 1. The number of carbonyl (C=O) groups is 1. The Bertz CT molecular complexity index is 319. The van der Waals surface area contributed by atoms with Crippen molar-refractivity contribution in [1.82, 2.24) is 4.90 Å². The summed E-state index contributed by atoms with van der Waals surface area (Å²) < 4.78 is 0. The van der Waals surface area contributed by atoms with Crippen LogP contribution in [-0.2, 0) is 4.79 Å². The first kappa shape index (κ1) is 14.1. The van der Waals surface area contributed by atoms with Crippen LogP contribution in [0.25, 0.3) is 0 Å². The quantitative estimate of drug-likeness (QED) is 0.791. The van der Waals surface area contributed by atoms with Crippen molar-refractivity contribution in [3.8, 4) is 0 Å². The van der Waals surface area contributed by atoms with E-state index in [9.17, 15) is 4.79 Å². The van der Waals surface area contributed by atoms with Crippen molar-refractivity contribution in [3.63, 3.8) is 0 Å². The van der Waals surface area contributed by atoms with Crippen molar-refractivity contribution < 1.29 is 4.79 Å². The summed E-state index contributed by atoms with van der Waals surface area (Å²) in [4.78, 5) is 15.2. The second-order valence-corrected chi connectivity index (χ2v) is 6.93. The Hall–Kier alpha value is -0.290. The fourth-order valence-electron chi connectivity index (χ4n) is 2.97. The van der Waals surface area contributed by atoms with Gasteiger partial charge in [0.25, 0.3) is 0 Å². The molecule has 18 heavy (non-hydrogen) atoms. The molecule has 1 heterocycles. The molecule has 0 aromatic carbocycles. The molecule has 1 amide bonds. The second-order valence-electron chi connectivity index (χ2n) is 5.27. The van der Waals surface area contributed by atoms with E-state index in [1.54, 1.807) is 0 Å². The van der Waals surface area contributed by atoms with E-state index in [0.29, 0.717) is 4.99 Å². The van der Waals surface area contributed by atoms with E-state index in [4.69, 9.17) is 18.0 Å². The predicted octanol–water partition coefficient (Wildman–Crippen LogP) is 2.19. The molecule has 2 fully saturated rings. The van der Waals surface area contributed by atoms with Crippen LogP contribution in [0.2, 0.25) is 0 Å². The van der Waals surface area contributed by atoms with Crippen molar-refractivity contribution in [2.45, 2.75) is 38.5 Å². The molecule has 5 heteroatoms. The van der Waals surface area contributed by atoms with Crippen molar-refractivity contribution in [1.29, 1.82) is 0 Å². The fraction of sp³-hybridized carbons (Fsp3) is 0.846. The minimum absolute atomic E-state index is 0.206. The maximum absolute atomic E-state index is 12.8. The third-order valence-electron chi connectivity index (χ3n) is 4.10. The molecule has 1 aliphatic heterocycles. The van der Waals surface area contributed by atoms with E-state index in [1.165, 1.54) is 6.42 Å². The van der Waals surface area contributed by atoms with Gasteiger partial charge >= 0.3 is 0 Å². The molecule has 2 aliphatic rings. The summed E-state index contributed by atoms with van der Waals surface area (Å²) in [6, 6.07) is 0. The van der Waals surface area contributed by atoms with Gasteiger partial charge in [0.15, 0.2) is 0 Å². The molecule has 102 valence electrons. The molecular weight excluding hydrogens is 264 g/mol. The van der Waals surface area contributed by atoms with Crippen molar-refractivity contribution in [3.05, 3.63) is 0 Å². The Kier molecular flexibility index (Phi) is 4.90. The van der Waals surface area contributed by atoms with Gasteiger partial charge in [-0.05, 0) is 25.0 Å². The third kappa shape index (κ3) is 2.82. The summed E-state index contributed by atoms with van der Waals surface area (Å²) in [7, 11) is 0. The molecule has 0 aromatic heterocycles. The number of carbonyl (C=O) groups excluding carboxylic acids is 1. The van der Waals surface area contributed by atoms with Crippen LogP contribution >= 0.6 is 24.0 Å². The number of thiocarbonyl (C=S) groups is 1. The lowest BCUT2D eigenvalue weighted by atomic mass is 9.73. The molecule has 2 rings (SSSR count). The van der Waals surface area contributed by atoms with E-state index in [-0.39, 0.29) is 5.91 Å². The molecule has 1 saturated heterocycles. The Morgan fingerprint density at radius 3 is 2.50 bits per heavy atom. The van der Waals surface area contributed by atoms with Crippen LogP contribution in [0.15, 0.2) is 0 Å². The number of nitrogens with zero attached hydrogens (tertiary/aromatic N) is 1. The van der Waals surface area contributed by atoms with E-state index < -0.39 is 5.41 Å². The zero-order valence-corrected chi connectivity index (χ0v) is 12.5. The number of amides is 1. The third-order valence-corrected chi connectivity index (χ3v) is 5.54. The molecule has 0 unspecified atom stereocenters. The van der Waals surface area contributed by atoms with E-state index in [1.807, 2.05) is 16.7 Å². The maximum Gasteiger partial charge on any atom is 0.235 e. The average molecular weight is 286 g/mol. The highest BCUT2D eigenvalue weighted by Crippen LogP contribution is 2.38. The van der Waals surface area contributed by atoms with Crippen LogP contribution < -0.4 is 5.73 Å². The Labute approximate surface area is 119 Å². The normalized spacial score (nSPS) is 24.3. The number of thioether (sulfide) groups is 1. The van der Waals surface area contributed by atoms with Crippen LogP contribution in [0, 0.1) is 5.41 Å². The van der Waals surface area contributed by atoms with Gasteiger partial charge in [0.1, 0.15) is 0 Å². The van der Waals surface area contributed by atoms with Gasteiger partial charge in [-0.2, -0.15) is 11.8 Å². The van der Waals surface area contributed by atoms with Gasteiger partial charge < -0.3 is 10.6 Å². The van der Waals surface area contributed by atoms with E-state index in [2.05, 4.69) is 0 Å². The molecule has 0 radical (unpaired) electrons. The summed E-state index contributed by atoms with van der Waals surface area (Å²) in [5.74, 6) is 2.40. The summed E-state index contributed by atoms with van der Waals surface area (Å²) in [5.41, 5.74) is 5.40. The fourth-order valence-corrected chi connectivity index (χ4v) is 4.15. The van der Waals surface area contributed by atoms with Gasteiger partial charge in [-0.25, -0.2) is 0 Å². The SMILES string of the molecule is NC(=S)C1(C(=O)N2CCCSCC2)CCCCC1. The topological polar surface area (TPSA) is 46.3 Å². The zero-order valence-electron chi connectivity index (χ0n) is 10.8. The molecule has 3 nitrogen and oxygen atoms in total. The summed E-state index contributed by atoms with van der Waals surface area (Å²) in [5, 5.41) is 0. The van der Waals surface area contributed by atoms with Crippen molar-refractivity contribution in [2.24, 2.45) is 11.1 Å². The lowest BCUT2D eigenvalue weighted by Gasteiger charge is -2.38. The lowest BCUT2D eigenvalue weighted by Crippen LogP contribution is -2.52. The van der Waals surface area contributed by atoms with Crippen molar-refractivity contribution in [2.75, 3.05) is 24.6 Å². The van der Waals surface area contributed by atoms with Crippen LogP contribution in [0.4, 0.5) is 0 Å². The zero-order chi connectivity index (χ0) is 13.0. The largest absolute Gasteiger partial charge is 0.392 e. The highest BCUT2D eigenvalue weighted by Gasteiger charge is 2.44. The van der Waals surface area contributed by atoms with Gasteiger partial charge in [0.05, 0.1) is 10.4 Å². The highest BCUT2D eigenvalue weighted by molar-refractivity contribution is 7.99. The lowest BCUT2D eigenvalue weighted by molar-refractivity contribution is -0.139. The molecule has 2 N–H and O–H groups in total. The number of hydrogen-bond acceptors (Lipinski definition) is 3. The van der Waals surface area contributed by atoms with E-state index >= 15 is 0 Å². The van der Waals surface area contributed by atoms with Gasteiger partial charge in [-0.3, -0.25) is 4.79 Å². The minimum Gasteiger partial charge on any atom is -0.392 e. The Balaban J connectivity index is 2.14. The molecular formula is C13H22N2OS2. The maximum atomic E-state index is 12.8. The number of rotatable bonds is 2. The summed E-state index contributed by atoms with van der Waals surface area (Å²) in [6.45, 7) is 1.73. The van der Waals surface area contributed by atoms with Crippen LogP contribution in [0.1, 0.15) is 38.5 Å². The average Bonchev–Trinajstić information content (AvgIpc) is 2.67. The summed E-state index contributed by atoms with van der Waals surface area (Å²) in [6.07, 6.45) is 6.14. The minimum atomic E-state index is -0.525. The summed E-state index contributed by atoms with van der Waals surface area (Å²) >= 11 is 7.17. The van der Waals surface area contributed by atoms with Crippen LogP contribution in [0.3, 0.4) is 0 Å². The van der Waals surface area contributed by atoms with Gasteiger partial charge in [-0.15, -0.1) is 0 Å². The standard InChI is InChI=1S/C13H22N2OS2/c14-11(17)13(5-2-1-3-6-13)12(16)15-7-4-9-18-10-8-15/h1-10H2,(H2,14,17). The Morgan fingerprint density at radius 2 is 1.83 bits per heavy atom. The van der Waals surface area contributed by atoms with Crippen LogP contribution in [0.5, 0.6) is 0 Å². The Morgan fingerprint density at radius 1 is 1.11 bits per heavy atom. The van der Waals surface area contributed by atoms with Gasteiger partial charge in [0, 0.05) is 18.8 Å². The smallest absolute Gasteiger partial charge is 0.235 e. The molecule has 1 aliphatic carbocycles. The molecule has 0 bridgehead atoms. The first-order valence-corrected chi connectivity index (χ1v) is 8.40. The predicted molar refractivity (Wildman–Crippen MR) is 80.8 cm³/mol. The molecule has 1 saturated carbocycles. The molecule has 0 spiro atoms. The molecule has 0 atom stereocenters.